The van der Waals surface area contributed by atoms with E-state index in [1.54, 1.807) is 6.07 Å². The van der Waals surface area contributed by atoms with E-state index in [1.807, 2.05) is 0 Å². The van der Waals surface area contributed by atoms with E-state index in [0.717, 1.165) is 6.07 Å². The molecule has 0 fully saturated rings. The molecule has 1 aromatic carbocycles. The molecule has 1 aromatic rings. The second kappa shape index (κ2) is 4.27. The van der Waals surface area contributed by atoms with Crippen LogP contribution in [-0.4, -0.2) is 16.0 Å². The van der Waals surface area contributed by atoms with Crippen LogP contribution < -0.4 is 5.73 Å². The van der Waals surface area contributed by atoms with Crippen LogP contribution in [0.2, 0.25) is 0 Å². The molecule has 3 N–H and O–H groups in total. The molecule has 0 amide bonds. The topological polar surface area (TPSA) is 130 Å². The second-order valence-corrected chi connectivity index (χ2v) is 2.97. The van der Waals surface area contributed by atoms with Crippen molar-refractivity contribution in [2.24, 2.45) is 0 Å². The van der Waals surface area contributed by atoms with Gasteiger partial charge in [-0.1, -0.05) is 0 Å². The highest BCUT2D eigenvalue weighted by molar-refractivity contribution is 5.76. The lowest BCUT2D eigenvalue weighted by Gasteiger charge is -2.05. The number of nitrogens with two attached hydrogens (primary N) is 1. The van der Waals surface area contributed by atoms with E-state index >= 15 is 0 Å². The molecule has 7 nitrogen and oxygen atoms in total. The van der Waals surface area contributed by atoms with Crippen LogP contribution >= 0.6 is 0 Å². The summed E-state index contributed by atoms with van der Waals surface area (Å²) in [6.07, 6.45) is -0.517. The van der Waals surface area contributed by atoms with Crippen molar-refractivity contribution in [3.63, 3.8) is 0 Å². The first kappa shape index (κ1) is 11.5. The van der Waals surface area contributed by atoms with Crippen molar-refractivity contribution in [2.45, 2.75) is 6.42 Å². The van der Waals surface area contributed by atoms with Gasteiger partial charge < -0.3 is 10.8 Å². The fourth-order valence-corrected chi connectivity index (χ4v) is 1.27. The lowest BCUT2D eigenvalue weighted by Crippen LogP contribution is -2.07. The van der Waals surface area contributed by atoms with E-state index in [4.69, 9.17) is 16.1 Å². The van der Waals surface area contributed by atoms with Crippen LogP contribution in [0.5, 0.6) is 0 Å². The van der Waals surface area contributed by atoms with Crippen LogP contribution in [0.1, 0.15) is 11.1 Å². The number of benzene rings is 1. The number of nitro groups is 1. The predicted molar refractivity (Wildman–Crippen MR) is 53.6 cm³/mol. The molecule has 16 heavy (non-hydrogen) atoms. The summed E-state index contributed by atoms with van der Waals surface area (Å²) in [5.41, 5.74) is 4.78. The molecule has 0 bridgehead atoms. The van der Waals surface area contributed by atoms with Gasteiger partial charge in [-0.25, -0.2) is 0 Å². The number of nitro benzene ring substituents is 1. The molecular formula is C9H7N3O4. The molecule has 0 aliphatic carbocycles. The number of hydrogen-bond acceptors (Lipinski definition) is 5. The zero-order valence-corrected chi connectivity index (χ0v) is 8.01. The van der Waals surface area contributed by atoms with E-state index < -0.39 is 23.0 Å². The van der Waals surface area contributed by atoms with E-state index in [2.05, 4.69) is 0 Å². The van der Waals surface area contributed by atoms with Crippen LogP contribution in [0, 0.1) is 21.4 Å². The van der Waals surface area contributed by atoms with Crippen LogP contribution in [0.4, 0.5) is 11.4 Å². The van der Waals surface area contributed by atoms with E-state index in [0.29, 0.717) is 0 Å². The maximum absolute atomic E-state index is 10.6. The van der Waals surface area contributed by atoms with Gasteiger partial charge in [0.2, 0.25) is 0 Å². The number of nitrogens with zero attached hydrogens (tertiary/aromatic N) is 2. The minimum Gasteiger partial charge on any atom is -0.481 e. The van der Waals surface area contributed by atoms with Crippen molar-refractivity contribution >= 4 is 17.3 Å². The monoisotopic (exact) mass is 221 g/mol. The molecule has 0 radical (unpaired) electrons. The second-order valence-electron chi connectivity index (χ2n) is 2.97. The number of aliphatic carboxylic acids is 1. The lowest BCUT2D eigenvalue weighted by molar-refractivity contribution is -0.385. The van der Waals surface area contributed by atoms with E-state index in [9.17, 15) is 14.9 Å². The fourth-order valence-electron chi connectivity index (χ4n) is 1.27. The molecule has 0 saturated heterocycles. The third-order valence-corrected chi connectivity index (χ3v) is 1.96. The quantitative estimate of drug-likeness (QED) is 0.438. The Balaban J connectivity index is 3.45. The highest BCUT2D eigenvalue weighted by Crippen LogP contribution is 2.26. The summed E-state index contributed by atoms with van der Waals surface area (Å²) in [7, 11) is 0. The van der Waals surface area contributed by atoms with Crippen molar-refractivity contribution in [1.29, 1.82) is 5.26 Å². The highest BCUT2D eigenvalue weighted by Gasteiger charge is 2.21. The maximum atomic E-state index is 10.6. The van der Waals surface area contributed by atoms with Crippen molar-refractivity contribution in [3.8, 4) is 6.07 Å². The Morgan fingerprint density at radius 2 is 2.25 bits per heavy atom. The number of hydrogen-bond donors (Lipinski definition) is 2. The molecule has 0 unspecified atom stereocenters. The zero-order chi connectivity index (χ0) is 12.3. The fraction of sp³-hybridized carbons (Fsp3) is 0.111. The largest absolute Gasteiger partial charge is 0.481 e. The molecule has 82 valence electrons. The summed E-state index contributed by atoms with van der Waals surface area (Å²) in [5, 5.41) is 28.0. The Morgan fingerprint density at radius 1 is 1.62 bits per heavy atom. The van der Waals surface area contributed by atoms with Crippen LogP contribution in [0.25, 0.3) is 0 Å². The SMILES string of the molecule is N#Cc1c([N+](=O)[O-])ccc(N)c1CC(=O)O. The summed E-state index contributed by atoms with van der Waals surface area (Å²) >= 11 is 0. The van der Waals surface area contributed by atoms with Gasteiger partial charge in [-0.05, 0) is 6.07 Å². The minimum atomic E-state index is -1.20. The third kappa shape index (κ3) is 2.06. The van der Waals surface area contributed by atoms with Gasteiger partial charge in [-0.2, -0.15) is 5.26 Å². The van der Waals surface area contributed by atoms with Gasteiger partial charge in [0.1, 0.15) is 11.6 Å². The van der Waals surface area contributed by atoms with Gasteiger partial charge in [0, 0.05) is 17.3 Å². The first-order valence-electron chi connectivity index (χ1n) is 4.15. The smallest absolute Gasteiger partial charge is 0.307 e. The standard InChI is InChI=1S/C9H7N3O4/c10-4-6-5(3-9(13)14)7(11)1-2-8(6)12(15)16/h1-2H,3,11H2,(H,13,14). The maximum Gasteiger partial charge on any atom is 0.307 e. The Kier molecular flexibility index (Phi) is 3.06. The molecule has 0 spiro atoms. The van der Waals surface area contributed by atoms with Gasteiger partial charge in [-0.3, -0.25) is 14.9 Å². The molecular weight excluding hydrogens is 214 g/mol. The van der Waals surface area contributed by atoms with Crippen molar-refractivity contribution in [2.75, 3.05) is 5.73 Å². The summed E-state index contributed by atoms with van der Waals surface area (Å²) < 4.78 is 0. The van der Waals surface area contributed by atoms with Gasteiger partial charge in [0.25, 0.3) is 5.69 Å². The highest BCUT2D eigenvalue weighted by atomic mass is 16.6. The van der Waals surface area contributed by atoms with Crippen LogP contribution in [-0.2, 0) is 11.2 Å². The van der Waals surface area contributed by atoms with Crippen LogP contribution in [0.15, 0.2) is 12.1 Å². The van der Waals surface area contributed by atoms with Gasteiger partial charge in [0.05, 0.1) is 11.3 Å². The number of carboxylic acid groups (broad SMARTS) is 1. The Morgan fingerprint density at radius 3 is 2.69 bits per heavy atom. The average Bonchev–Trinajstić information content (AvgIpc) is 2.19. The van der Waals surface area contributed by atoms with E-state index in [1.165, 1.54) is 6.07 Å². The number of anilines is 1. The van der Waals surface area contributed by atoms with E-state index in [-0.39, 0.29) is 16.8 Å². The first-order valence-corrected chi connectivity index (χ1v) is 4.15. The summed E-state index contributed by atoms with van der Waals surface area (Å²) in [4.78, 5) is 20.4. The average molecular weight is 221 g/mol. The van der Waals surface area contributed by atoms with Crippen LogP contribution in [0.3, 0.4) is 0 Å². The molecule has 7 heteroatoms. The third-order valence-electron chi connectivity index (χ3n) is 1.96. The summed E-state index contributed by atoms with van der Waals surface area (Å²) in [6.45, 7) is 0. The summed E-state index contributed by atoms with van der Waals surface area (Å²) in [5.74, 6) is -1.20. The number of carboxylic acids is 1. The summed E-state index contributed by atoms with van der Waals surface area (Å²) in [6, 6.07) is 3.91. The Bertz CT molecular complexity index is 504. The van der Waals surface area contributed by atoms with Gasteiger partial charge in [-0.15, -0.1) is 0 Å². The molecule has 0 aromatic heterocycles. The van der Waals surface area contributed by atoms with Gasteiger partial charge in [0.15, 0.2) is 0 Å². The Labute approximate surface area is 89.9 Å². The van der Waals surface area contributed by atoms with Crippen molar-refractivity contribution in [3.05, 3.63) is 33.4 Å². The van der Waals surface area contributed by atoms with Crippen molar-refractivity contribution < 1.29 is 14.8 Å². The molecule has 0 heterocycles. The van der Waals surface area contributed by atoms with Crippen molar-refractivity contribution in [1.82, 2.24) is 0 Å². The Hall–Kier alpha value is -2.62. The number of nitrogen functional groups attached to an aromatic ring is 1. The number of rotatable bonds is 3. The minimum absolute atomic E-state index is 0.0239. The molecule has 0 aliphatic rings. The molecule has 0 saturated carbocycles. The number of carbonyl (C=O) groups is 1. The van der Waals surface area contributed by atoms with Gasteiger partial charge >= 0.3 is 5.97 Å². The first-order chi connectivity index (χ1) is 7.47. The molecule has 0 atom stereocenters. The molecule has 1 rings (SSSR count). The lowest BCUT2D eigenvalue weighted by atomic mass is 10.0. The zero-order valence-electron chi connectivity index (χ0n) is 8.01. The predicted octanol–water partition coefficient (Wildman–Crippen LogP) is 0.676. The molecule has 0 aliphatic heterocycles. The number of nitriles is 1. The normalized spacial score (nSPS) is 9.44.